The third-order valence-electron chi connectivity index (χ3n) is 3.22. The van der Waals surface area contributed by atoms with Crippen LogP contribution in [0.1, 0.15) is 39.0 Å². The van der Waals surface area contributed by atoms with Crippen molar-refractivity contribution in [2.75, 3.05) is 16.8 Å². The molecule has 1 aromatic heterocycles. The minimum Gasteiger partial charge on any atom is -0.365 e. The Hall–Kier alpha value is -2.10. The summed E-state index contributed by atoms with van der Waals surface area (Å²) in [5.41, 5.74) is 3.28. The second-order valence-electron chi connectivity index (χ2n) is 6.65. The van der Waals surface area contributed by atoms with E-state index >= 15 is 0 Å². The molecule has 4 nitrogen and oxygen atoms in total. The smallest absolute Gasteiger partial charge is 0.232 e. The minimum atomic E-state index is -0.0293. The summed E-state index contributed by atoms with van der Waals surface area (Å²) in [5, 5.41) is 3.43. The number of aryl methyl sites for hydroxylation is 2. The fraction of sp³-hybridized carbons (Fsp3) is 0.444. The normalized spacial score (nSPS) is 11.4. The highest BCUT2D eigenvalue weighted by molar-refractivity contribution is 5.59. The highest BCUT2D eigenvalue weighted by Gasteiger charge is 2.15. The van der Waals surface area contributed by atoms with Crippen molar-refractivity contribution in [3.05, 3.63) is 41.6 Å². The zero-order valence-electron chi connectivity index (χ0n) is 14.4. The van der Waals surface area contributed by atoms with E-state index in [1.807, 2.05) is 13.0 Å². The lowest BCUT2D eigenvalue weighted by Gasteiger charge is -2.25. The van der Waals surface area contributed by atoms with Gasteiger partial charge in [0.1, 0.15) is 5.82 Å². The van der Waals surface area contributed by atoms with Crippen LogP contribution >= 0.6 is 0 Å². The number of benzene rings is 1. The van der Waals surface area contributed by atoms with Crippen LogP contribution in [0.4, 0.5) is 17.5 Å². The molecule has 2 rings (SSSR count). The lowest BCUT2D eigenvalue weighted by Crippen LogP contribution is -2.27. The summed E-state index contributed by atoms with van der Waals surface area (Å²) in [4.78, 5) is 11.4. The Morgan fingerprint density at radius 1 is 1.09 bits per heavy atom. The minimum absolute atomic E-state index is 0.0293. The van der Waals surface area contributed by atoms with Crippen molar-refractivity contribution in [2.24, 2.45) is 0 Å². The van der Waals surface area contributed by atoms with Gasteiger partial charge in [-0.1, -0.05) is 12.1 Å². The first-order chi connectivity index (χ1) is 10.3. The van der Waals surface area contributed by atoms with Crippen molar-refractivity contribution in [1.82, 2.24) is 9.97 Å². The average molecular weight is 298 g/mol. The molecule has 0 aliphatic rings. The molecule has 0 atom stereocenters. The van der Waals surface area contributed by atoms with E-state index < -0.39 is 0 Å². The Labute approximate surface area is 133 Å². The lowest BCUT2D eigenvalue weighted by molar-refractivity contribution is 0.629. The van der Waals surface area contributed by atoms with Gasteiger partial charge in [-0.15, -0.1) is 0 Å². The first-order valence-electron chi connectivity index (χ1n) is 7.76. The first kappa shape index (κ1) is 16.3. The summed E-state index contributed by atoms with van der Waals surface area (Å²) in [6, 6.07) is 10.4. The third-order valence-corrected chi connectivity index (χ3v) is 3.22. The van der Waals surface area contributed by atoms with Crippen molar-refractivity contribution in [3.63, 3.8) is 0 Å². The molecule has 0 saturated heterocycles. The molecular weight excluding hydrogens is 272 g/mol. The molecule has 1 heterocycles. The van der Waals surface area contributed by atoms with Gasteiger partial charge in [0.25, 0.3) is 0 Å². The molecule has 0 amide bonds. The fourth-order valence-corrected chi connectivity index (χ4v) is 2.36. The van der Waals surface area contributed by atoms with Gasteiger partial charge in [0.2, 0.25) is 5.95 Å². The molecule has 2 aromatic rings. The monoisotopic (exact) mass is 298 g/mol. The summed E-state index contributed by atoms with van der Waals surface area (Å²) >= 11 is 0. The van der Waals surface area contributed by atoms with E-state index in [4.69, 9.17) is 4.98 Å². The molecule has 0 bridgehead atoms. The van der Waals surface area contributed by atoms with Gasteiger partial charge in [0.05, 0.1) is 0 Å². The van der Waals surface area contributed by atoms with Crippen molar-refractivity contribution < 1.29 is 0 Å². The number of rotatable bonds is 4. The Morgan fingerprint density at radius 3 is 2.41 bits per heavy atom. The molecule has 4 heteroatoms. The van der Waals surface area contributed by atoms with Gasteiger partial charge in [-0.05, 0) is 59.2 Å². The van der Waals surface area contributed by atoms with Crippen LogP contribution in [0.15, 0.2) is 30.3 Å². The third kappa shape index (κ3) is 4.20. The van der Waals surface area contributed by atoms with Crippen LogP contribution < -0.4 is 10.2 Å². The fourth-order valence-electron chi connectivity index (χ4n) is 2.36. The van der Waals surface area contributed by atoms with Crippen molar-refractivity contribution in [2.45, 2.75) is 47.1 Å². The van der Waals surface area contributed by atoms with Crippen LogP contribution in [0, 0.1) is 13.8 Å². The predicted octanol–water partition coefficient (Wildman–Crippen LogP) is 4.46. The van der Waals surface area contributed by atoms with E-state index in [0.29, 0.717) is 0 Å². The average Bonchev–Trinajstić information content (AvgIpc) is 2.36. The second kappa shape index (κ2) is 6.34. The standard InChI is InChI=1S/C18H26N4/c1-7-22(15-10-8-9-13(2)11-15)17-19-14(3)12-16(20-17)21-18(4,5)6/h8-12H,7H2,1-6H3,(H,19,20,21). The van der Waals surface area contributed by atoms with Crippen LogP contribution in [0.25, 0.3) is 0 Å². The lowest BCUT2D eigenvalue weighted by atomic mass is 10.1. The largest absolute Gasteiger partial charge is 0.365 e. The van der Waals surface area contributed by atoms with Crippen molar-refractivity contribution in [1.29, 1.82) is 0 Å². The zero-order valence-corrected chi connectivity index (χ0v) is 14.4. The van der Waals surface area contributed by atoms with Crippen molar-refractivity contribution in [3.8, 4) is 0 Å². The van der Waals surface area contributed by atoms with Gasteiger partial charge in [-0.3, -0.25) is 0 Å². The van der Waals surface area contributed by atoms with E-state index in [2.05, 4.69) is 74.1 Å². The molecule has 0 spiro atoms. The van der Waals surface area contributed by atoms with Gasteiger partial charge >= 0.3 is 0 Å². The number of nitrogens with one attached hydrogen (secondary N) is 1. The summed E-state index contributed by atoms with van der Waals surface area (Å²) < 4.78 is 0. The molecule has 22 heavy (non-hydrogen) atoms. The maximum atomic E-state index is 4.70. The maximum absolute atomic E-state index is 4.70. The number of hydrogen-bond donors (Lipinski definition) is 1. The Bertz CT molecular complexity index is 644. The highest BCUT2D eigenvalue weighted by atomic mass is 15.3. The van der Waals surface area contributed by atoms with E-state index in [0.717, 1.165) is 29.7 Å². The van der Waals surface area contributed by atoms with Gasteiger partial charge < -0.3 is 10.2 Å². The van der Waals surface area contributed by atoms with Crippen LogP contribution in [-0.4, -0.2) is 22.1 Å². The molecule has 0 aliphatic heterocycles. The first-order valence-corrected chi connectivity index (χ1v) is 7.76. The molecule has 1 aromatic carbocycles. The Balaban J connectivity index is 2.41. The number of nitrogens with zero attached hydrogens (tertiary/aromatic N) is 3. The van der Waals surface area contributed by atoms with E-state index in [1.165, 1.54) is 5.56 Å². The molecule has 1 N–H and O–H groups in total. The zero-order chi connectivity index (χ0) is 16.3. The van der Waals surface area contributed by atoms with Crippen LogP contribution in [-0.2, 0) is 0 Å². The van der Waals surface area contributed by atoms with Crippen molar-refractivity contribution >= 4 is 17.5 Å². The van der Waals surface area contributed by atoms with Gasteiger partial charge in [0.15, 0.2) is 0 Å². The quantitative estimate of drug-likeness (QED) is 0.904. The molecule has 0 fully saturated rings. The molecule has 0 radical (unpaired) electrons. The summed E-state index contributed by atoms with van der Waals surface area (Å²) in [7, 11) is 0. The van der Waals surface area contributed by atoms with Gasteiger partial charge in [-0.25, -0.2) is 4.98 Å². The van der Waals surface area contributed by atoms with Crippen LogP contribution in [0.3, 0.4) is 0 Å². The molecule has 0 saturated carbocycles. The van der Waals surface area contributed by atoms with Gasteiger partial charge in [-0.2, -0.15) is 4.98 Å². The van der Waals surface area contributed by atoms with Crippen LogP contribution in [0.2, 0.25) is 0 Å². The highest BCUT2D eigenvalue weighted by Crippen LogP contribution is 2.25. The number of anilines is 3. The predicted molar refractivity (Wildman–Crippen MR) is 94.0 cm³/mol. The van der Waals surface area contributed by atoms with Crippen LogP contribution in [0.5, 0.6) is 0 Å². The number of aromatic nitrogens is 2. The Morgan fingerprint density at radius 2 is 1.82 bits per heavy atom. The maximum Gasteiger partial charge on any atom is 0.232 e. The van der Waals surface area contributed by atoms with E-state index in [9.17, 15) is 0 Å². The molecule has 0 aliphatic carbocycles. The summed E-state index contributed by atoms with van der Waals surface area (Å²) in [6.07, 6.45) is 0. The number of hydrogen-bond acceptors (Lipinski definition) is 4. The topological polar surface area (TPSA) is 41.1 Å². The molecule has 0 unspecified atom stereocenters. The SMILES string of the molecule is CCN(c1cccc(C)c1)c1nc(C)cc(NC(C)(C)C)n1. The van der Waals surface area contributed by atoms with E-state index in [-0.39, 0.29) is 5.54 Å². The van der Waals surface area contributed by atoms with E-state index in [1.54, 1.807) is 0 Å². The second-order valence-corrected chi connectivity index (χ2v) is 6.65. The summed E-state index contributed by atoms with van der Waals surface area (Å²) in [5.74, 6) is 1.60. The molecule has 118 valence electrons. The Kier molecular flexibility index (Phi) is 4.69. The van der Waals surface area contributed by atoms with Gasteiger partial charge in [0, 0.05) is 29.5 Å². The summed E-state index contributed by atoms with van der Waals surface area (Å²) in [6.45, 7) is 13.4. The molecular formula is C18H26N4.